The zero-order valence-corrected chi connectivity index (χ0v) is 13.1. The highest BCUT2D eigenvalue weighted by Crippen LogP contribution is 2.41. The van der Waals surface area contributed by atoms with Gasteiger partial charge in [0.25, 0.3) is 0 Å². The fourth-order valence-electron chi connectivity index (χ4n) is 2.49. The van der Waals surface area contributed by atoms with Gasteiger partial charge in [-0.05, 0) is 19.9 Å². The van der Waals surface area contributed by atoms with Crippen molar-refractivity contribution in [2.75, 3.05) is 6.61 Å². The van der Waals surface area contributed by atoms with Crippen LogP contribution < -0.4 is 20.5 Å². The number of nitrogens with one attached hydrogen (secondary N) is 1. The van der Waals surface area contributed by atoms with Crippen molar-refractivity contribution in [2.45, 2.75) is 51.8 Å². The van der Waals surface area contributed by atoms with Gasteiger partial charge in [-0.25, -0.2) is 0 Å². The lowest BCUT2D eigenvalue weighted by atomic mass is 10.0. The molecule has 1 aromatic carbocycles. The molecule has 0 fully saturated rings. The Balaban J connectivity index is 2.08. The lowest BCUT2D eigenvalue weighted by Gasteiger charge is -2.21. The highest BCUT2D eigenvalue weighted by atomic mass is 16.5. The van der Waals surface area contributed by atoms with Crippen LogP contribution in [0.25, 0.3) is 0 Å². The van der Waals surface area contributed by atoms with E-state index < -0.39 is 11.9 Å². The second-order valence-electron chi connectivity index (χ2n) is 6.37. The van der Waals surface area contributed by atoms with Crippen LogP contribution >= 0.6 is 0 Å². The van der Waals surface area contributed by atoms with Gasteiger partial charge >= 0.3 is 0 Å². The molecule has 5 nitrogen and oxygen atoms in total. The summed E-state index contributed by atoms with van der Waals surface area (Å²) in [6.45, 7) is 8.20. The molecule has 1 atom stereocenters. The molecule has 0 bridgehead atoms. The highest BCUT2D eigenvalue weighted by Gasteiger charge is 2.32. The average Bonchev–Trinajstić information content (AvgIpc) is 2.68. The van der Waals surface area contributed by atoms with Crippen molar-refractivity contribution in [3.8, 4) is 11.5 Å². The lowest BCUT2D eigenvalue weighted by Crippen LogP contribution is -2.48. The van der Waals surface area contributed by atoms with Gasteiger partial charge in [-0.1, -0.05) is 26.0 Å². The third-order valence-electron chi connectivity index (χ3n) is 3.34. The van der Waals surface area contributed by atoms with Gasteiger partial charge in [0.05, 0.1) is 0 Å². The number of rotatable bonds is 6. The lowest BCUT2D eigenvalue weighted by molar-refractivity contribution is -0.120. The summed E-state index contributed by atoms with van der Waals surface area (Å²) in [5, 5.41) is 3.09. The van der Waals surface area contributed by atoms with E-state index in [1.165, 1.54) is 0 Å². The molecule has 1 aliphatic heterocycles. The van der Waals surface area contributed by atoms with Crippen molar-refractivity contribution in [1.29, 1.82) is 0 Å². The molecule has 0 radical (unpaired) electrons. The van der Waals surface area contributed by atoms with Crippen molar-refractivity contribution < 1.29 is 14.3 Å². The molecule has 1 unspecified atom stereocenters. The van der Waals surface area contributed by atoms with Crippen molar-refractivity contribution in [2.24, 2.45) is 5.73 Å². The molecule has 0 aromatic heterocycles. The predicted octanol–water partition coefficient (Wildman–Crippen LogP) is 1.63. The molecule has 2 rings (SSSR count). The van der Waals surface area contributed by atoms with Gasteiger partial charge in [0.15, 0.2) is 11.5 Å². The number of amides is 1. The van der Waals surface area contributed by atoms with Gasteiger partial charge in [-0.15, -0.1) is 0 Å². The minimum absolute atomic E-state index is 0.155. The molecule has 0 aliphatic carbocycles. The first kappa shape index (κ1) is 15.6. The van der Waals surface area contributed by atoms with Crippen LogP contribution in [0.4, 0.5) is 0 Å². The minimum atomic E-state index is -0.518. The molecular weight excluding hydrogens is 268 g/mol. The molecule has 0 saturated heterocycles. The quantitative estimate of drug-likeness (QED) is 0.836. The molecule has 0 saturated carbocycles. The van der Waals surface area contributed by atoms with Gasteiger partial charge in [0.2, 0.25) is 5.91 Å². The van der Waals surface area contributed by atoms with Gasteiger partial charge < -0.3 is 20.5 Å². The van der Waals surface area contributed by atoms with E-state index >= 15 is 0 Å². The molecule has 0 spiro atoms. The average molecular weight is 292 g/mol. The Morgan fingerprint density at radius 1 is 1.48 bits per heavy atom. The van der Waals surface area contributed by atoms with E-state index in [0.29, 0.717) is 5.75 Å². The maximum atomic E-state index is 11.4. The summed E-state index contributed by atoms with van der Waals surface area (Å²) in [6, 6.07) is 5.47. The number of benzene rings is 1. The normalized spacial score (nSPS) is 17.2. The fraction of sp³-hybridized carbons (Fsp3) is 0.562. The van der Waals surface area contributed by atoms with E-state index in [1.54, 1.807) is 0 Å². The second kappa shape index (κ2) is 5.93. The maximum absolute atomic E-state index is 11.4. The van der Waals surface area contributed by atoms with Crippen LogP contribution in [-0.4, -0.2) is 30.2 Å². The van der Waals surface area contributed by atoms with Crippen LogP contribution in [0, 0.1) is 0 Å². The number of ether oxygens (including phenoxy) is 2. The molecule has 5 heteroatoms. The van der Waals surface area contributed by atoms with E-state index in [1.807, 2.05) is 45.9 Å². The number of hydrogen-bond donors (Lipinski definition) is 2. The smallest absolute Gasteiger partial charge is 0.238 e. The summed E-state index contributed by atoms with van der Waals surface area (Å²) in [5.74, 6) is 1.02. The zero-order chi connectivity index (χ0) is 15.6. The number of carbonyl (C=O) groups excluding carboxylic acids is 1. The SMILES string of the molecule is CC(C)NC(COc1cccc2c1OC(C)(C)C2)C(N)=O. The molecule has 3 N–H and O–H groups in total. The Hall–Kier alpha value is -1.75. The largest absolute Gasteiger partial charge is 0.488 e. The Morgan fingerprint density at radius 2 is 2.19 bits per heavy atom. The van der Waals surface area contributed by atoms with Crippen molar-refractivity contribution in [3.05, 3.63) is 23.8 Å². The summed E-state index contributed by atoms with van der Waals surface area (Å²) >= 11 is 0. The molecular formula is C16H24N2O3. The summed E-state index contributed by atoms with van der Waals surface area (Å²) in [5.41, 5.74) is 6.30. The summed E-state index contributed by atoms with van der Waals surface area (Å²) in [6.07, 6.45) is 0.850. The van der Waals surface area contributed by atoms with Gasteiger partial charge in [0, 0.05) is 18.0 Å². The van der Waals surface area contributed by atoms with Crippen LogP contribution in [0.3, 0.4) is 0 Å². The van der Waals surface area contributed by atoms with Crippen LogP contribution in [0.1, 0.15) is 33.3 Å². The number of primary amides is 1. The fourth-order valence-corrected chi connectivity index (χ4v) is 2.49. The Morgan fingerprint density at radius 3 is 2.81 bits per heavy atom. The van der Waals surface area contributed by atoms with Crippen LogP contribution in [0.15, 0.2) is 18.2 Å². The number of para-hydroxylation sites is 1. The first-order chi connectivity index (χ1) is 9.78. The van der Waals surface area contributed by atoms with Gasteiger partial charge in [-0.2, -0.15) is 0 Å². The second-order valence-corrected chi connectivity index (χ2v) is 6.37. The van der Waals surface area contributed by atoms with E-state index in [0.717, 1.165) is 17.7 Å². The third kappa shape index (κ3) is 3.88. The van der Waals surface area contributed by atoms with Crippen molar-refractivity contribution in [3.63, 3.8) is 0 Å². The van der Waals surface area contributed by atoms with Crippen LogP contribution in [0.2, 0.25) is 0 Å². The van der Waals surface area contributed by atoms with E-state index in [4.69, 9.17) is 15.2 Å². The summed E-state index contributed by atoms with van der Waals surface area (Å²) in [4.78, 5) is 11.4. The first-order valence-corrected chi connectivity index (χ1v) is 7.27. The summed E-state index contributed by atoms with van der Waals surface area (Å²) in [7, 11) is 0. The van der Waals surface area contributed by atoms with E-state index in [-0.39, 0.29) is 18.2 Å². The number of carbonyl (C=O) groups is 1. The van der Waals surface area contributed by atoms with Gasteiger partial charge in [-0.3, -0.25) is 4.79 Å². The molecule has 21 heavy (non-hydrogen) atoms. The summed E-state index contributed by atoms with van der Waals surface area (Å²) < 4.78 is 11.7. The predicted molar refractivity (Wildman–Crippen MR) is 81.6 cm³/mol. The van der Waals surface area contributed by atoms with Crippen molar-refractivity contribution >= 4 is 5.91 Å². The number of fused-ring (bicyclic) bond motifs is 1. The monoisotopic (exact) mass is 292 g/mol. The Bertz CT molecular complexity index is 526. The topological polar surface area (TPSA) is 73.6 Å². The molecule has 116 valence electrons. The molecule has 1 aliphatic rings. The standard InChI is InChI=1S/C16H24N2O3/c1-10(2)18-12(15(17)19)9-20-13-7-5-6-11-8-16(3,4)21-14(11)13/h5-7,10,12,18H,8-9H2,1-4H3,(H2,17,19). The van der Waals surface area contributed by atoms with Crippen LogP contribution in [-0.2, 0) is 11.2 Å². The molecule has 1 aromatic rings. The third-order valence-corrected chi connectivity index (χ3v) is 3.34. The van der Waals surface area contributed by atoms with E-state index in [9.17, 15) is 4.79 Å². The Kier molecular flexibility index (Phi) is 4.42. The Labute approximate surface area is 125 Å². The first-order valence-electron chi connectivity index (χ1n) is 7.27. The zero-order valence-electron chi connectivity index (χ0n) is 13.1. The van der Waals surface area contributed by atoms with E-state index in [2.05, 4.69) is 5.32 Å². The number of nitrogens with two attached hydrogens (primary N) is 1. The van der Waals surface area contributed by atoms with Gasteiger partial charge in [0.1, 0.15) is 18.2 Å². The number of hydrogen-bond acceptors (Lipinski definition) is 4. The minimum Gasteiger partial charge on any atom is -0.488 e. The maximum Gasteiger partial charge on any atom is 0.238 e. The van der Waals surface area contributed by atoms with Crippen LogP contribution in [0.5, 0.6) is 11.5 Å². The highest BCUT2D eigenvalue weighted by molar-refractivity contribution is 5.80. The van der Waals surface area contributed by atoms with Crippen molar-refractivity contribution in [1.82, 2.24) is 5.32 Å². The molecule has 1 heterocycles. The molecule has 1 amide bonds.